The molecule has 0 spiro atoms. The number of benzene rings is 1. The molecule has 1 aromatic carbocycles. The van der Waals surface area contributed by atoms with Crippen molar-refractivity contribution in [3.63, 3.8) is 0 Å². The second-order valence-corrected chi connectivity index (χ2v) is 8.07. The lowest BCUT2D eigenvalue weighted by Crippen LogP contribution is -2.47. The highest BCUT2D eigenvalue weighted by atomic mass is 19.1. The van der Waals surface area contributed by atoms with Gasteiger partial charge in [0.2, 0.25) is 5.95 Å². The van der Waals surface area contributed by atoms with E-state index in [1.807, 2.05) is 6.92 Å². The fraction of sp³-hybridized carbons (Fsp3) is 0.391. The van der Waals surface area contributed by atoms with Crippen molar-refractivity contribution in [1.82, 2.24) is 19.7 Å². The first-order valence-corrected chi connectivity index (χ1v) is 10.5. The van der Waals surface area contributed by atoms with Crippen LogP contribution < -0.4 is 5.32 Å². The van der Waals surface area contributed by atoms with Gasteiger partial charge in [0.05, 0.1) is 29.8 Å². The number of piperidine rings is 1. The van der Waals surface area contributed by atoms with Crippen LogP contribution in [0.25, 0.3) is 16.8 Å². The van der Waals surface area contributed by atoms with E-state index in [9.17, 15) is 13.2 Å². The largest absolute Gasteiger partial charge is 0.378 e. The SMILES string of the molecule is CCN1CCC(Nc2cnc(F)c(-c3cnn(-c4cc(C)c(F)cc4C)c3)c2)C(F)C1. The Bertz CT molecular complexity index is 1080. The molecule has 1 aliphatic heterocycles. The van der Waals surface area contributed by atoms with Crippen LogP contribution in [-0.4, -0.2) is 51.5 Å². The molecule has 0 radical (unpaired) electrons. The first-order valence-electron chi connectivity index (χ1n) is 10.5. The van der Waals surface area contributed by atoms with E-state index in [0.29, 0.717) is 29.8 Å². The van der Waals surface area contributed by atoms with Crippen LogP contribution in [0, 0.1) is 25.6 Å². The van der Waals surface area contributed by atoms with E-state index in [4.69, 9.17) is 0 Å². The Balaban J connectivity index is 1.58. The highest BCUT2D eigenvalue weighted by Crippen LogP contribution is 2.28. The smallest absolute Gasteiger partial charge is 0.220 e. The molecular formula is C23H26F3N5. The second kappa shape index (κ2) is 8.70. The number of pyridine rings is 1. The highest BCUT2D eigenvalue weighted by Gasteiger charge is 2.28. The van der Waals surface area contributed by atoms with Crippen LogP contribution in [0.2, 0.25) is 0 Å². The summed E-state index contributed by atoms with van der Waals surface area (Å²) in [7, 11) is 0. The Morgan fingerprint density at radius 1 is 1.13 bits per heavy atom. The quantitative estimate of drug-likeness (QED) is 0.599. The van der Waals surface area contributed by atoms with Crippen LogP contribution in [0.15, 0.2) is 36.8 Å². The molecule has 8 heteroatoms. The fourth-order valence-electron chi connectivity index (χ4n) is 3.97. The lowest BCUT2D eigenvalue weighted by Gasteiger charge is -2.34. The van der Waals surface area contributed by atoms with Crippen molar-refractivity contribution in [2.75, 3.05) is 25.0 Å². The normalized spacial score (nSPS) is 19.5. The average molecular weight is 429 g/mol. The maximum Gasteiger partial charge on any atom is 0.220 e. The molecule has 1 aliphatic rings. The molecule has 1 fully saturated rings. The Hall–Kier alpha value is -2.87. The zero-order valence-corrected chi connectivity index (χ0v) is 17.9. The molecule has 0 amide bonds. The molecule has 5 nitrogen and oxygen atoms in total. The molecule has 164 valence electrons. The highest BCUT2D eigenvalue weighted by molar-refractivity contribution is 5.67. The average Bonchev–Trinajstić information content (AvgIpc) is 3.23. The standard InChI is InChI=1S/C23H26F3N5/c1-4-30-6-5-21(20(25)13-30)29-17-9-18(23(26)27-11-17)16-10-28-31(12-16)22-8-14(2)19(24)7-15(22)3/h7-12,20-21,29H,4-6,13H2,1-3H3. The molecule has 1 saturated heterocycles. The molecule has 2 aromatic heterocycles. The monoisotopic (exact) mass is 429 g/mol. The maximum absolute atomic E-state index is 14.5. The van der Waals surface area contributed by atoms with Crippen molar-refractivity contribution in [3.8, 4) is 16.8 Å². The number of hydrogen-bond acceptors (Lipinski definition) is 4. The van der Waals surface area contributed by atoms with Gasteiger partial charge in [-0.1, -0.05) is 6.92 Å². The van der Waals surface area contributed by atoms with Gasteiger partial charge in [-0.15, -0.1) is 0 Å². The molecule has 0 bridgehead atoms. The predicted molar refractivity (Wildman–Crippen MR) is 115 cm³/mol. The Labute approximate surface area is 179 Å². The Morgan fingerprint density at radius 3 is 2.68 bits per heavy atom. The van der Waals surface area contributed by atoms with E-state index >= 15 is 0 Å². The van der Waals surface area contributed by atoms with E-state index in [2.05, 4.69) is 20.3 Å². The maximum atomic E-state index is 14.5. The zero-order valence-electron chi connectivity index (χ0n) is 17.9. The summed E-state index contributed by atoms with van der Waals surface area (Å²) in [6.45, 7) is 7.53. The topological polar surface area (TPSA) is 46.0 Å². The molecule has 2 atom stereocenters. The Morgan fingerprint density at radius 2 is 1.94 bits per heavy atom. The predicted octanol–water partition coefficient (Wildman–Crippen LogP) is 4.67. The fourth-order valence-corrected chi connectivity index (χ4v) is 3.97. The lowest BCUT2D eigenvalue weighted by atomic mass is 10.0. The number of likely N-dealkylation sites (tertiary alicyclic amines) is 1. The van der Waals surface area contributed by atoms with Crippen LogP contribution in [-0.2, 0) is 0 Å². The summed E-state index contributed by atoms with van der Waals surface area (Å²) in [5.41, 5.74) is 3.32. The summed E-state index contributed by atoms with van der Waals surface area (Å²) in [5, 5.41) is 7.50. The van der Waals surface area contributed by atoms with Crippen molar-refractivity contribution in [3.05, 3.63) is 59.7 Å². The Kier molecular flexibility index (Phi) is 6.00. The van der Waals surface area contributed by atoms with E-state index in [-0.39, 0.29) is 17.4 Å². The van der Waals surface area contributed by atoms with Gasteiger partial charge in [0.25, 0.3) is 0 Å². The number of hydrogen-bond donors (Lipinski definition) is 1. The summed E-state index contributed by atoms with van der Waals surface area (Å²) >= 11 is 0. The van der Waals surface area contributed by atoms with Gasteiger partial charge >= 0.3 is 0 Å². The van der Waals surface area contributed by atoms with Gasteiger partial charge < -0.3 is 10.2 Å². The molecular weight excluding hydrogens is 403 g/mol. The van der Waals surface area contributed by atoms with Crippen molar-refractivity contribution in [1.29, 1.82) is 0 Å². The molecule has 0 saturated carbocycles. The number of anilines is 1. The minimum absolute atomic E-state index is 0.272. The van der Waals surface area contributed by atoms with Crippen molar-refractivity contribution >= 4 is 5.69 Å². The molecule has 31 heavy (non-hydrogen) atoms. The molecule has 2 unspecified atom stereocenters. The number of aromatic nitrogens is 3. The molecule has 4 rings (SSSR count). The third-order valence-corrected chi connectivity index (χ3v) is 5.88. The van der Waals surface area contributed by atoms with Gasteiger partial charge in [0.1, 0.15) is 12.0 Å². The van der Waals surface area contributed by atoms with Crippen LogP contribution >= 0.6 is 0 Å². The summed E-state index contributed by atoms with van der Waals surface area (Å²) in [6.07, 6.45) is 4.27. The van der Waals surface area contributed by atoms with Gasteiger partial charge in [-0.2, -0.15) is 9.49 Å². The third kappa shape index (κ3) is 4.44. The lowest BCUT2D eigenvalue weighted by molar-refractivity contribution is 0.131. The summed E-state index contributed by atoms with van der Waals surface area (Å²) in [4.78, 5) is 5.93. The van der Waals surface area contributed by atoms with Gasteiger partial charge in [-0.25, -0.2) is 18.4 Å². The van der Waals surface area contributed by atoms with Gasteiger partial charge in [0.15, 0.2) is 0 Å². The molecule has 3 aromatic rings. The van der Waals surface area contributed by atoms with Gasteiger partial charge in [-0.3, -0.25) is 0 Å². The number of nitrogens with one attached hydrogen (secondary N) is 1. The number of halogens is 3. The summed E-state index contributed by atoms with van der Waals surface area (Å²) in [6, 6.07) is 4.45. The minimum atomic E-state index is -1.00. The number of alkyl halides is 1. The third-order valence-electron chi connectivity index (χ3n) is 5.88. The van der Waals surface area contributed by atoms with E-state index < -0.39 is 12.1 Å². The minimum Gasteiger partial charge on any atom is -0.378 e. The number of aryl methyl sites for hydroxylation is 2. The first-order chi connectivity index (χ1) is 14.9. The van der Waals surface area contributed by atoms with E-state index in [1.54, 1.807) is 43.1 Å². The van der Waals surface area contributed by atoms with E-state index in [0.717, 1.165) is 24.3 Å². The van der Waals surface area contributed by atoms with Gasteiger partial charge in [-0.05, 0) is 56.1 Å². The van der Waals surface area contributed by atoms with Crippen LogP contribution in [0.1, 0.15) is 24.5 Å². The van der Waals surface area contributed by atoms with Crippen molar-refractivity contribution < 1.29 is 13.2 Å². The second-order valence-electron chi connectivity index (χ2n) is 8.07. The summed E-state index contributed by atoms with van der Waals surface area (Å²) < 4.78 is 44.4. The number of nitrogens with zero attached hydrogens (tertiary/aromatic N) is 4. The van der Waals surface area contributed by atoms with Gasteiger partial charge in [0, 0.05) is 30.4 Å². The van der Waals surface area contributed by atoms with Crippen LogP contribution in [0.5, 0.6) is 0 Å². The molecule has 0 aliphatic carbocycles. The summed E-state index contributed by atoms with van der Waals surface area (Å²) in [5.74, 6) is -0.909. The number of rotatable bonds is 5. The van der Waals surface area contributed by atoms with Crippen LogP contribution in [0.4, 0.5) is 18.9 Å². The van der Waals surface area contributed by atoms with Crippen molar-refractivity contribution in [2.45, 2.75) is 39.4 Å². The zero-order chi connectivity index (χ0) is 22.1. The van der Waals surface area contributed by atoms with Crippen molar-refractivity contribution in [2.24, 2.45) is 0 Å². The van der Waals surface area contributed by atoms with Crippen LogP contribution in [0.3, 0.4) is 0 Å². The molecule has 1 N–H and O–H groups in total. The molecule has 3 heterocycles. The first kappa shape index (κ1) is 21.4. The van der Waals surface area contributed by atoms with E-state index in [1.165, 1.54) is 12.3 Å².